The number of nitrogens with one attached hydrogen (secondary N) is 2. The molecule has 0 aliphatic heterocycles. The monoisotopic (exact) mass is 332 g/mol. The Labute approximate surface area is 140 Å². The van der Waals surface area contributed by atoms with Gasteiger partial charge < -0.3 is 15.0 Å². The third kappa shape index (κ3) is 3.64. The smallest absolute Gasteiger partial charge is 0.340 e. The molecule has 2 rings (SSSR count). The average molecular weight is 332 g/mol. The van der Waals surface area contributed by atoms with Gasteiger partial charge in [-0.2, -0.15) is 0 Å². The summed E-state index contributed by atoms with van der Waals surface area (Å²) >= 11 is 0. The molecule has 0 aliphatic carbocycles. The SMILES string of the molecule is CCOC(=O)c1c(C)[nH]c(C(=O)NCc2ccc(C)c(F)c2)c1C. The molecule has 0 aliphatic rings. The van der Waals surface area contributed by atoms with Crippen LogP contribution in [-0.2, 0) is 11.3 Å². The average Bonchev–Trinajstić information content (AvgIpc) is 2.83. The van der Waals surface area contributed by atoms with Gasteiger partial charge >= 0.3 is 5.97 Å². The minimum Gasteiger partial charge on any atom is -0.462 e. The maximum absolute atomic E-state index is 13.5. The summed E-state index contributed by atoms with van der Waals surface area (Å²) in [6.45, 7) is 7.27. The maximum atomic E-state index is 13.5. The van der Waals surface area contributed by atoms with Gasteiger partial charge in [-0.25, -0.2) is 9.18 Å². The van der Waals surface area contributed by atoms with E-state index in [0.717, 1.165) is 0 Å². The minimum atomic E-state index is -0.455. The number of hydrogen-bond donors (Lipinski definition) is 2. The molecule has 2 aromatic rings. The number of aryl methyl sites for hydroxylation is 2. The first-order valence-corrected chi connectivity index (χ1v) is 7.74. The van der Waals surface area contributed by atoms with Gasteiger partial charge in [-0.3, -0.25) is 4.79 Å². The fourth-order valence-electron chi connectivity index (χ4n) is 2.50. The number of rotatable bonds is 5. The van der Waals surface area contributed by atoms with Crippen molar-refractivity contribution >= 4 is 11.9 Å². The molecular weight excluding hydrogens is 311 g/mol. The van der Waals surface area contributed by atoms with Crippen LogP contribution in [-0.4, -0.2) is 23.5 Å². The van der Waals surface area contributed by atoms with E-state index in [4.69, 9.17) is 4.74 Å². The molecule has 1 heterocycles. The lowest BCUT2D eigenvalue weighted by Gasteiger charge is -2.06. The third-order valence-corrected chi connectivity index (χ3v) is 3.83. The van der Waals surface area contributed by atoms with Gasteiger partial charge in [-0.1, -0.05) is 12.1 Å². The molecule has 0 radical (unpaired) electrons. The molecule has 0 saturated carbocycles. The van der Waals surface area contributed by atoms with Crippen LogP contribution in [0.5, 0.6) is 0 Å². The fraction of sp³-hybridized carbons (Fsp3) is 0.333. The fourth-order valence-corrected chi connectivity index (χ4v) is 2.50. The highest BCUT2D eigenvalue weighted by Crippen LogP contribution is 2.19. The molecule has 0 spiro atoms. The highest BCUT2D eigenvalue weighted by atomic mass is 19.1. The zero-order valence-corrected chi connectivity index (χ0v) is 14.2. The summed E-state index contributed by atoms with van der Waals surface area (Å²) < 4.78 is 18.5. The lowest BCUT2D eigenvalue weighted by molar-refractivity contribution is 0.0525. The zero-order valence-electron chi connectivity index (χ0n) is 14.2. The van der Waals surface area contributed by atoms with Crippen LogP contribution in [0.15, 0.2) is 18.2 Å². The molecule has 0 fully saturated rings. The summed E-state index contributed by atoms with van der Waals surface area (Å²) in [5, 5.41) is 2.73. The van der Waals surface area contributed by atoms with Gasteiger partial charge in [-0.15, -0.1) is 0 Å². The van der Waals surface area contributed by atoms with Crippen LogP contribution < -0.4 is 5.32 Å². The third-order valence-electron chi connectivity index (χ3n) is 3.83. The number of ether oxygens (including phenoxy) is 1. The summed E-state index contributed by atoms with van der Waals surface area (Å²) in [5.41, 5.74) is 3.03. The van der Waals surface area contributed by atoms with E-state index in [1.54, 1.807) is 39.8 Å². The standard InChI is InChI=1S/C18H21FN2O3/c1-5-24-18(23)15-11(3)16(21-12(15)4)17(22)20-9-13-7-6-10(2)14(19)8-13/h6-8,21H,5,9H2,1-4H3,(H,20,22). The van der Waals surface area contributed by atoms with Crippen LogP contribution in [0.2, 0.25) is 0 Å². The summed E-state index contributed by atoms with van der Waals surface area (Å²) in [6.07, 6.45) is 0. The van der Waals surface area contributed by atoms with Crippen molar-refractivity contribution in [1.82, 2.24) is 10.3 Å². The van der Waals surface area contributed by atoms with Gasteiger partial charge in [-0.05, 0) is 50.5 Å². The van der Waals surface area contributed by atoms with Gasteiger partial charge in [0.2, 0.25) is 0 Å². The van der Waals surface area contributed by atoms with Crippen molar-refractivity contribution in [2.24, 2.45) is 0 Å². The van der Waals surface area contributed by atoms with Crippen molar-refractivity contribution in [3.63, 3.8) is 0 Å². The number of aromatic nitrogens is 1. The van der Waals surface area contributed by atoms with E-state index in [-0.39, 0.29) is 24.9 Å². The Kier molecular flexibility index (Phi) is 5.39. The number of esters is 1. The number of benzene rings is 1. The quantitative estimate of drug-likeness (QED) is 0.826. The van der Waals surface area contributed by atoms with Crippen molar-refractivity contribution in [3.8, 4) is 0 Å². The molecule has 0 bridgehead atoms. The van der Waals surface area contributed by atoms with Gasteiger partial charge in [0.05, 0.1) is 12.2 Å². The molecular formula is C18H21FN2O3. The normalized spacial score (nSPS) is 10.5. The summed E-state index contributed by atoms with van der Waals surface area (Å²) in [7, 11) is 0. The van der Waals surface area contributed by atoms with E-state index in [2.05, 4.69) is 10.3 Å². The van der Waals surface area contributed by atoms with Gasteiger partial charge in [0, 0.05) is 12.2 Å². The van der Waals surface area contributed by atoms with Crippen LogP contribution in [0.1, 0.15) is 50.2 Å². The first-order valence-electron chi connectivity index (χ1n) is 7.74. The van der Waals surface area contributed by atoms with Crippen molar-refractivity contribution < 1.29 is 18.7 Å². The number of hydrogen-bond acceptors (Lipinski definition) is 3. The molecule has 24 heavy (non-hydrogen) atoms. The highest BCUT2D eigenvalue weighted by Gasteiger charge is 2.22. The molecule has 128 valence electrons. The summed E-state index contributed by atoms with van der Waals surface area (Å²) in [4.78, 5) is 27.2. The Morgan fingerprint density at radius 2 is 1.96 bits per heavy atom. The predicted molar refractivity (Wildman–Crippen MR) is 88.5 cm³/mol. The van der Waals surface area contributed by atoms with Crippen LogP contribution in [0.25, 0.3) is 0 Å². The van der Waals surface area contributed by atoms with Crippen LogP contribution in [0.4, 0.5) is 4.39 Å². The largest absolute Gasteiger partial charge is 0.462 e. The Morgan fingerprint density at radius 1 is 1.25 bits per heavy atom. The minimum absolute atomic E-state index is 0.197. The van der Waals surface area contributed by atoms with E-state index in [9.17, 15) is 14.0 Å². The second kappa shape index (κ2) is 7.29. The molecule has 5 nitrogen and oxygen atoms in total. The van der Waals surface area contributed by atoms with Crippen LogP contribution in [0, 0.1) is 26.6 Å². The van der Waals surface area contributed by atoms with Crippen LogP contribution >= 0.6 is 0 Å². The number of carbonyl (C=O) groups is 2. The molecule has 1 aromatic heterocycles. The molecule has 0 unspecified atom stereocenters. The highest BCUT2D eigenvalue weighted by molar-refractivity contribution is 6.00. The number of aromatic amines is 1. The molecule has 2 N–H and O–H groups in total. The lowest BCUT2D eigenvalue weighted by atomic mass is 10.1. The topological polar surface area (TPSA) is 71.2 Å². The zero-order chi connectivity index (χ0) is 17.9. The van der Waals surface area contributed by atoms with E-state index in [1.807, 2.05) is 0 Å². The molecule has 1 aromatic carbocycles. The van der Waals surface area contributed by atoms with Gasteiger partial charge in [0.25, 0.3) is 5.91 Å². The van der Waals surface area contributed by atoms with Crippen molar-refractivity contribution in [3.05, 3.63) is 57.7 Å². The first-order chi connectivity index (χ1) is 11.3. The number of H-pyrrole nitrogens is 1. The maximum Gasteiger partial charge on any atom is 0.340 e. The first kappa shape index (κ1) is 17.7. The van der Waals surface area contributed by atoms with Gasteiger partial charge in [0.15, 0.2) is 0 Å². The molecule has 1 amide bonds. The second-order valence-corrected chi connectivity index (χ2v) is 5.61. The Hall–Kier alpha value is -2.63. The number of halogens is 1. The van der Waals surface area contributed by atoms with E-state index in [0.29, 0.717) is 33.6 Å². The second-order valence-electron chi connectivity index (χ2n) is 5.61. The Morgan fingerprint density at radius 3 is 2.58 bits per heavy atom. The summed E-state index contributed by atoms with van der Waals surface area (Å²) in [6, 6.07) is 4.82. The lowest BCUT2D eigenvalue weighted by Crippen LogP contribution is -2.24. The van der Waals surface area contributed by atoms with Crippen molar-refractivity contribution in [1.29, 1.82) is 0 Å². The van der Waals surface area contributed by atoms with E-state index >= 15 is 0 Å². The predicted octanol–water partition coefficient (Wildman–Crippen LogP) is 3.19. The Balaban J connectivity index is 2.14. The van der Waals surface area contributed by atoms with Crippen molar-refractivity contribution in [2.75, 3.05) is 6.61 Å². The van der Waals surface area contributed by atoms with Gasteiger partial charge in [0.1, 0.15) is 11.5 Å². The number of amides is 1. The Bertz CT molecular complexity index is 781. The van der Waals surface area contributed by atoms with Crippen molar-refractivity contribution in [2.45, 2.75) is 34.2 Å². The van der Waals surface area contributed by atoms with Crippen LogP contribution in [0.3, 0.4) is 0 Å². The molecule has 0 saturated heterocycles. The molecule has 0 atom stereocenters. The van der Waals surface area contributed by atoms with E-state index in [1.165, 1.54) is 6.07 Å². The summed E-state index contributed by atoms with van der Waals surface area (Å²) in [5.74, 6) is -1.12. The number of carbonyl (C=O) groups excluding carboxylic acids is 2. The van der Waals surface area contributed by atoms with E-state index < -0.39 is 5.97 Å². The molecule has 6 heteroatoms.